The van der Waals surface area contributed by atoms with Crippen molar-refractivity contribution in [3.8, 4) is 0 Å². The highest BCUT2D eigenvalue weighted by atomic mass is 35.5. The monoisotopic (exact) mass is 540 g/mol. The van der Waals surface area contributed by atoms with Crippen LogP contribution in [-0.4, -0.2) is 65.7 Å². The number of nitrogens with one attached hydrogen (secondary N) is 1. The predicted octanol–water partition coefficient (Wildman–Crippen LogP) is 5.23. The van der Waals surface area contributed by atoms with Crippen molar-refractivity contribution in [3.63, 3.8) is 0 Å². The summed E-state index contributed by atoms with van der Waals surface area (Å²) in [4.78, 5) is 44.7. The number of ether oxygens (including phenoxy) is 1. The number of rotatable bonds is 5. The van der Waals surface area contributed by atoms with Gasteiger partial charge in [0.1, 0.15) is 11.6 Å². The van der Waals surface area contributed by atoms with E-state index in [-0.39, 0.29) is 24.5 Å². The molecule has 38 heavy (non-hydrogen) atoms. The average Bonchev–Trinajstić information content (AvgIpc) is 3.36. The Morgan fingerprint density at radius 1 is 1.08 bits per heavy atom. The van der Waals surface area contributed by atoms with Crippen molar-refractivity contribution in [1.82, 2.24) is 15.1 Å². The van der Waals surface area contributed by atoms with Gasteiger partial charge in [-0.15, -0.1) is 0 Å². The van der Waals surface area contributed by atoms with Crippen molar-refractivity contribution in [3.05, 3.63) is 64.7 Å². The Kier molecular flexibility index (Phi) is 8.51. The maximum atomic E-state index is 13.3. The van der Waals surface area contributed by atoms with Crippen LogP contribution in [0.15, 0.2) is 48.5 Å². The first kappa shape index (κ1) is 27.8. The lowest BCUT2D eigenvalue weighted by molar-refractivity contribution is -0.134. The molecule has 2 aromatic rings. The third-order valence-corrected chi connectivity index (χ3v) is 7.20. The number of aryl methyl sites for hydroxylation is 1. The summed E-state index contributed by atoms with van der Waals surface area (Å²) in [6.07, 6.45) is 2.46. The standard InChI is InChI=1S/C29H37ClN4O4/c1-29(2,3)38-28(37)34-23(16-13-21-8-5-6-9-24(21)34)18-31-27(36)33-17-7-10-25(33)26(35)32(4)19-20-11-14-22(30)15-12-20/h5-6,8-9,11-12,14-15,23,25H,7,10,13,16-19H2,1-4H3,(H,31,36). The molecule has 1 saturated heterocycles. The van der Waals surface area contributed by atoms with Crippen molar-refractivity contribution >= 4 is 35.3 Å². The van der Waals surface area contributed by atoms with Gasteiger partial charge < -0.3 is 19.9 Å². The van der Waals surface area contributed by atoms with Crippen molar-refractivity contribution in [1.29, 1.82) is 0 Å². The van der Waals surface area contributed by atoms with Crippen LogP contribution >= 0.6 is 11.6 Å². The van der Waals surface area contributed by atoms with Gasteiger partial charge in [-0.25, -0.2) is 9.59 Å². The molecule has 4 amide bonds. The van der Waals surface area contributed by atoms with Crippen LogP contribution in [-0.2, 0) is 22.5 Å². The van der Waals surface area contributed by atoms with E-state index in [0.717, 1.165) is 29.7 Å². The molecule has 204 valence electrons. The van der Waals surface area contributed by atoms with Crippen LogP contribution in [0.3, 0.4) is 0 Å². The minimum Gasteiger partial charge on any atom is -0.443 e. The Balaban J connectivity index is 1.41. The number of nitrogens with zero attached hydrogens (tertiary/aromatic N) is 3. The second kappa shape index (κ2) is 11.6. The van der Waals surface area contributed by atoms with Crippen molar-refractivity contribution < 1.29 is 19.1 Å². The summed E-state index contributed by atoms with van der Waals surface area (Å²) in [6.45, 7) is 6.74. The molecule has 1 fully saturated rings. The number of hydrogen-bond acceptors (Lipinski definition) is 4. The Morgan fingerprint density at radius 3 is 2.50 bits per heavy atom. The Labute approximate surface area is 229 Å². The van der Waals surface area contributed by atoms with E-state index in [4.69, 9.17) is 16.3 Å². The highest BCUT2D eigenvalue weighted by Gasteiger charge is 2.38. The Bertz CT molecular complexity index is 1160. The minimum absolute atomic E-state index is 0.0884. The zero-order valence-electron chi connectivity index (χ0n) is 22.6. The van der Waals surface area contributed by atoms with Crippen LogP contribution in [0.1, 0.15) is 51.2 Å². The number of likely N-dealkylation sites (N-methyl/N-ethyl adjacent to an activating group) is 1. The zero-order valence-corrected chi connectivity index (χ0v) is 23.3. The van der Waals surface area contributed by atoms with Crippen molar-refractivity contribution in [2.24, 2.45) is 0 Å². The van der Waals surface area contributed by atoms with Crippen LogP contribution in [0, 0.1) is 0 Å². The molecule has 0 bridgehead atoms. The van der Waals surface area contributed by atoms with Gasteiger partial charge in [0.2, 0.25) is 5.91 Å². The molecule has 0 radical (unpaired) electrons. The summed E-state index contributed by atoms with van der Waals surface area (Å²) in [5.74, 6) is -0.0884. The first-order valence-electron chi connectivity index (χ1n) is 13.2. The first-order chi connectivity index (χ1) is 18.0. The molecule has 8 nitrogen and oxygen atoms in total. The van der Waals surface area contributed by atoms with Crippen LogP contribution in [0.5, 0.6) is 0 Å². The maximum absolute atomic E-state index is 13.3. The van der Waals surface area contributed by atoms with E-state index in [1.54, 1.807) is 33.9 Å². The smallest absolute Gasteiger partial charge is 0.415 e. The summed E-state index contributed by atoms with van der Waals surface area (Å²) in [5.41, 5.74) is 2.22. The molecular weight excluding hydrogens is 504 g/mol. The molecule has 9 heteroatoms. The van der Waals surface area contributed by atoms with E-state index >= 15 is 0 Å². The summed E-state index contributed by atoms with van der Waals surface area (Å²) in [5, 5.41) is 3.65. The highest BCUT2D eigenvalue weighted by molar-refractivity contribution is 6.30. The minimum atomic E-state index is -0.640. The number of hydrogen-bond donors (Lipinski definition) is 1. The van der Waals surface area contributed by atoms with E-state index in [9.17, 15) is 14.4 Å². The summed E-state index contributed by atoms with van der Waals surface area (Å²) < 4.78 is 5.71. The summed E-state index contributed by atoms with van der Waals surface area (Å²) >= 11 is 5.97. The number of likely N-dealkylation sites (tertiary alicyclic amines) is 1. The lowest BCUT2D eigenvalue weighted by Crippen LogP contribution is -2.54. The number of halogens is 1. The number of benzene rings is 2. The molecule has 2 heterocycles. The average molecular weight is 541 g/mol. The van der Waals surface area contributed by atoms with Crippen LogP contribution in [0.2, 0.25) is 5.02 Å². The molecule has 2 aliphatic heterocycles. The number of para-hydroxylation sites is 1. The maximum Gasteiger partial charge on any atom is 0.415 e. The molecule has 0 aromatic heterocycles. The van der Waals surface area contributed by atoms with E-state index in [0.29, 0.717) is 31.0 Å². The second-order valence-electron chi connectivity index (χ2n) is 11.0. The first-order valence-corrected chi connectivity index (χ1v) is 13.6. The van der Waals surface area contributed by atoms with Gasteiger partial charge in [-0.1, -0.05) is 41.9 Å². The number of urea groups is 1. The molecule has 2 unspecified atom stereocenters. The molecule has 4 rings (SSSR count). The molecule has 2 atom stereocenters. The van der Waals surface area contributed by atoms with Gasteiger partial charge in [0.25, 0.3) is 0 Å². The second-order valence-corrected chi connectivity index (χ2v) is 11.5. The lowest BCUT2D eigenvalue weighted by atomic mass is 9.96. The summed E-state index contributed by atoms with van der Waals surface area (Å²) in [6, 6.07) is 14.1. The normalized spacial score (nSPS) is 19.1. The number of carbonyl (C=O) groups is 3. The number of amides is 4. The fourth-order valence-corrected chi connectivity index (χ4v) is 5.25. The van der Waals surface area contributed by atoms with Crippen LogP contribution < -0.4 is 10.2 Å². The van der Waals surface area contributed by atoms with Crippen LogP contribution in [0.25, 0.3) is 0 Å². The van der Waals surface area contributed by atoms with Gasteiger partial charge in [-0.2, -0.15) is 0 Å². The van der Waals surface area contributed by atoms with E-state index in [1.807, 2.05) is 57.2 Å². The molecule has 0 spiro atoms. The van der Waals surface area contributed by atoms with E-state index in [2.05, 4.69) is 5.32 Å². The molecule has 0 saturated carbocycles. The van der Waals surface area contributed by atoms with Gasteiger partial charge >= 0.3 is 12.1 Å². The van der Waals surface area contributed by atoms with Crippen molar-refractivity contribution in [2.75, 3.05) is 25.0 Å². The fourth-order valence-electron chi connectivity index (χ4n) is 5.13. The molecule has 2 aliphatic rings. The SMILES string of the molecule is CN(Cc1ccc(Cl)cc1)C(=O)C1CCCN1C(=O)NCC1CCc2ccccc2N1C(=O)OC(C)(C)C. The Hall–Kier alpha value is -3.26. The van der Waals surface area contributed by atoms with Gasteiger partial charge in [0, 0.05) is 31.7 Å². The third-order valence-electron chi connectivity index (χ3n) is 6.95. The third kappa shape index (κ3) is 6.59. The zero-order chi connectivity index (χ0) is 27.4. The van der Waals surface area contributed by atoms with Gasteiger partial charge in [-0.05, 0) is 75.8 Å². The quantitative estimate of drug-likeness (QED) is 0.563. The van der Waals surface area contributed by atoms with Gasteiger partial charge in [0.05, 0.1) is 11.7 Å². The molecule has 0 aliphatic carbocycles. The number of fused-ring (bicyclic) bond motifs is 1. The predicted molar refractivity (Wildman–Crippen MR) is 148 cm³/mol. The lowest BCUT2D eigenvalue weighted by Gasteiger charge is -2.38. The summed E-state index contributed by atoms with van der Waals surface area (Å²) in [7, 11) is 1.75. The van der Waals surface area contributed by atoms with Crippen LogP contribution in [0.4, 0.5) is 15.3 Å². The molecule has 1 N–H and O–H groups in total. The highest BCUT2D eigenvalue weighted by Crippen LogP contribution is 2.32. The van der Waals surface area contributed by atoms with Crippen molar-refractivity contribution in [2.45, 2.75) is 70.7 Å². The van der Waals surface area contributed by atoms with Gasteiger partial charge in [-0.3, -0.25) is 9.69 Å². The van der Waals surface area contributed by atoms with E-state index in [1.165, 1.54) is 0 Å². The molecule has 2 aromatic carbocycles. The Morgan fingerprint density at radius 2 is 1.79 bits per heavy atom. The van der Waals surface area contributed by atoms with Gasteiger partial charge in [0.15, 0.2) is 0 Å². The fraction of sp³-hybridized carbons (Fsp3) is 0.483. The molecular formula is C29H37ClN4O4. The number of anilines is 1. The van der Waals surface area contributed by atoms with E-state index < -0.39 is 17.7 Å². The largest absolute Gasteiger partial charge is 0.443 e. The number of carbonyl (C=O) groups excluding carboxylic acids is 3. The topological polar surface area (TPSA) is 82.2 Å².